The summed E-state index contributed by atoms with van der Waals surface area (Å²) in [5.74, 6) is 0.968. The second-order valence-corrected chi connectivity index (χ2v) is 2.47. The first-order chi connectivity index (χ1) is 5.16. The highest BCUT2D eigenvalue weighted by molar-refractivity contribution is 5.16. The smallest absolute Gasteiger partial charge is 0.260 e. The minimum Gasteiger partial charge on any atom is -1.00 e. The van der Waals surface area contributed by atoms with E-state index in [4.69, 9.17) is 0 Å². The Morgan fingerprint density at radius 1 is 1.75 bits per heavy atom. The maximum atomic E-state index is 9.23. The Balaban J connectivity index is 0.00000121. The molecule has 0 aliphatic carbocycles. The number of aliphatic hydroxyl groups is 1. The molecule has 12 heavy (non-hydrogen) atoms. The van der Waals surface area contributed by atoms with Gasteiger partial charge in [-0.15, -0.1) is 0 Å². The van der Waals surface area contributed by atoms with Crippen molar-refractivity contribution in [2.75, 3.05) is 0 Å². The van der Waals surface area contributed by atoms with Gasteiger partial charge in [0.25, 0.3) is 5.82 Å². The van der Waals surface area contributed by atoms with Crippen molar-refractivity contribution in [2.24, 2.45) is 0 Å². The predicted octanol–water partition coefficient (Wildman–Crippen LogP) is -2.30. The normalized spacial score (nSPS) is 11.9. The molecule has 0 aromatic carbocycles. The maximum absolute atomic E-state index is 9.23. The summed E-state index contributed by atoms with van der Waals surface area (Å²) in [6, 6.07) is 0. The number of nitrogens with zero attached hydrogens (tertiary/aromatic N) is 2. The van der Waals surface area contributed by atoms with Crippen molar-refractivity contribution in [3.05, 3.63) is 24.8 Å². The van der Waals surface area contributed by atoms with E-state index in [0.29, 0.717) is 0 Å². The first-order valence-corrected chi connectivity index (χ1v) is 3.56. The second kappa shape index (κ2) is 4.42. The van der Waals surface area contributed by atoms with Crippen LogP contribution in [0.25, 0.3) is 6.20 Å². The van der Waals surface area contributed by atoms with Crippen LogP contribution in [0.15, 0.2) is 19.0 Å². The molecule has 1 N–H and O–H groups in total. The van der Waals surface area contributed by atoms with Gasteiger partial charge in [-0.05, 0) is 0 Å². The molecule has 0 saturated heterocycles. The van der Waals surface area contributed by atoms with E-state index in [1.165, 1.54) is 0 Å². The van der Waals surface area contributed by atoms with Gasteiger partial charge in [0, 0.05) is 13.8 Å². The molecule has 1 aromatic heterocycles. The van der Waals surface area contributed by atoms with Gasteiger partial charge >= 0.3 is 0 Å². The highest BCUT2D eigenvalue weighted by Gasteiger charge is 2.12. The Morgan fingerprint density at radius 2 is 2.33 bits per heavy atom. The van der Waals surface area contributed by atoms with E-state index < -0.39 is 6.23 Å². The molecule has 0 amide bonds. The van der Waals surface area contributed by atoms with Crippen LogP contribution >= 0.6 is 0 Å². The van der Waals surface area contributed by atoms with Crippen LogP contribution in [0, 0.1) is 6.92 Å². The van der Waals surface area contributed by atoms with Crippen molar-refractivity contribution in [1.82, 2.24) is 4.57 Å². The minimum atomic E-state index is -0.476. The van der Waals surface area contributed by atoms with Gasteiger partial charge in [-0.1, -0.05) is 6.58 Å². The molecule has 0 radical (unpaired) electrons. The minimum absolute atomic E-state index is 0. The van der Waals surface area contributed by atoms with Crippen molar-refractivity contribution in [1.29, 1.82) is 0 Å². The average molecular weight is 233 g/mol. The highest BCUT2D eigenvalue weighted by atomic mass is 79.9. The summed E-state index contributed by atoms with van der Waals surface area (Å²) in [6.45, 7) is 7.28. The van der Waals surface area contributed by atoms with Crippen LogP contribution in [0.4, 0.5) is 0 Å². The van der Waals surface area contributed by atoms with Crippen LogP contribution in [0.5, 0.6) is 0 Å². The summed E-state index contributed by atoms with van der Waals surface area (Å²) >= 11 is 0. The van der Waals surface area contributed by atoms with Gasteiger partial charge < -0.3 is 22.1 Å². The van der Waals surface area contributed by atoms with E-state index in [1.54, 1.807) is 17.7 Å². The fraction of sp³-hybridized carbons (Fsp3) is 0.375. The quantitative estimate of drug-likeness (QED) is 0.572. The zero-order valence-corrected chi connectivity index (χ0v) is 8.82. The van der Waals surface area contributed by atoms with Crippen LogP contribution in [0.3, 0.4) is 0 Å². The molecular weight excluding hydrogens is 220 g/mol. The predicted molar refractivity (Wildman–Crippen MR) is 42.7 cm³/mol. The lowest BCUT2D eigenvalue weighted by Crippen LogP contribution is -3.00. The number of aromatic nitrogens is 2. The van der Waals surface area contributed by atoms with Gasteiger partial charge in [0.05, 0.1) is 6.20 Å². The Labute approximate surface area is 82.7 Å². The molecule has 3 nitrogen and oxygen atoms in total. The number of aliphatic hydroxyl groups excluding tert-OH is 1. The third-order valence-corrected chi connectivity index (χ3v) is 1.73. The number of hydrogen-bond acceptors (Lipinski definition) is 1. The molecule has 0 aliphatic rings. The van der Waals surface area contributed by atoms with E-state index in [0.717, 1.165) is 5.82 Å². The average Bonchev–Trinajstić information content (AvgIpc) is 2.30. The van der Waals surface area contributed by atoms with Gasteiger partial charge in [0.2, 0.25) is 0 Å². The molecule has 0 spiro atoms. The summed E-state index contributed by atoms with van der Waals surface area (Å²) in [5, 5.41) is 9.23. The van der Waals surface area contributed by atoms with Gasteiger partial charge in [-0.25, -0.2) is 9.13 Å². The first kappa shape index (κ1) is 11.4. The third kappa shape index (κ3) is 1.95. The maximum Gasteiger partial charge on any atom is 0.260 e. The molecule has 1 aromatic rings. The number of halogens is 1. The molecule has 0 bridgehead atoms. The molecule has 0 aliphatic heterocycles. The summed E-state index contributed by atoms with van der Waals surface area (Å²) < 4.78 is 3.62. The zero-order valence-electron chi connectivity index (χ0n) is 7.24. The lowest BCUT2D eigenvalue weighted by Gasteiger charge is -1.99. The number of hydrogen-bond donors (Lipinski definition) is 1. The third-order valence-electron chi connectivity index (χ3n) is 1.73. The fourth-order valence-corrected chi connectivity index (χ4v) is 1.08. The van der Waals surface area contributed by atoms with Crippen LogP contribution < -0.4 is 21.5 Å². The van der Waals surface area contributed by atoms with Crippen LogP contribution in [-0.4, -0.2) is 9.67 Å². The summed E-state index contributed by atoms with van der Waals surface area (Å²) in [5.41, 5.74) is 0. The Morgan fingerprint density at radius 3 is 2.58 bits per heavy atom. The summed E-state index contributed by atoms with van der Waals surface area (Å²) in [4.78, 5) is 0. The molecule has 1 unspecified atom stereocenters. The van der Waals surface area contributed by atoms with Crippen LogP contribution in [0.2, 0.25) is 0 Å². The van der Waals surface area contributed by atoms with Crippen molar-refractivity contribution >= 4 is 6.20 Å². The van der Waals surface area contributed by atoms with E-state index in [-0.39, 0.29) is 17.0 Å². The topological polar surface area (TPSA) is 29.0 Å². The summed E-state index contributed by atoms with van der Waals surface area (Å²) in [6.07, 6.45) is 4.90. The largest absolute Gasteiger partial charge is 1.00 e. The lowest BCUT2D eigenvalue weighted by atomic mass is 10.6. The monoisotopic (exact) mass is 232 g/mol. The molecular formula is C8H13BrN2O. The Bertz CT molecular complexity index is 268. The summed E-state index contributed by atoms with van der Waals surface area (Å²) in [7, 11) is 0. The standard InChI is InChI=1S/C8H13N2O.BrH/c1-4-9-5-6-10(7(9)2)8(3)11;/h4-6,8,11H,1H2,2-3H3;1H/q+1;/p-1. The van der Waals surface area contributed by atoms with Crippen molar-refractivity contribution in [2.45, 2.75) is 20.1 Å². The molecule has 1 atom stereocenters. The lowest BCUT2D eigenvalue weighted by molar-refractivity contribution is -0.760. The van der Waals surface area contributed by atoms with Crippen molar-refractivity contribution < 1.29 is 26.7 Å². The Kier molecular flexibility index (Phi) is 4.20. The highest BCUT2D eigenvalue weighted by Crippen LogP contribution is 1.96. The van der Waals surface area contributed by atoms with Crippen molar-refractivity contribution in [3.8, 4) is 0 Å². The van der Waals surface area contributed by atoms with E-state index in [9.17, 15) is 5.11 Å². The van der Waals surface area contributed by atoms with Gasteiger partial charge in [0.1, 0.15) is 12.4 Å². The molecule has 4 heteroatoms. The van der Waals surface area contributed by atoms with Crippen molar-refractivity contribution in [3.63, 3.8) is 0 Å². The number of rotatable bonds is 2. The molecule has 1 heterocycles. The Hall–Kier alpha value is -0.610. The van der Waals surface area contributed by atoms with Gasteiger partial charge in [0.15, 0.2) is 6.23 Å². The van der Waals surface area contributed by atoms with Crippen LogP contribution in [-0.2, 0) is 0 Å². The second-order valence-electron chi connectivity index (χ2n) is 2.47. The first-order valence-electron chi connectivity index (χ1n) is 3.56. The number of imidazole rings is 1. The molecule has 0 fully saturated rings. The van der Waals surface area contributed by atoms with Crippen LogP contribution in [0.1, 0.15) is 19.0 Å². The fourth-order valence-electron chi connectivity index (χ4n) is 1.08. The molecule has 68 valence electrons. The SMILES string of the molecule is C=Cn1cc[n+](C(C)O)c1C.[Br-]. The molecule has 0 saturated carbocycles. The van der Waals surface area contributed by atoms with E-state index in [1.807, 2.05) is 23.9 Å². The van der Waals surface area contributed by atoms with E-state index >= 15 is 0 Å². The van der Waals surface area contributed by atoms with Gasteiger partial charge in [-0.3, -0.25) is 0 Å². The van der Waals surface area contributed by atoms with Gasteiger partial charge in [-0.2, -0.15) is 0 Å². The zero-order chi connectivity index (χ0) is 8.43. The molecule has 1 rings (SSSR count). The van der Waals surface area contributed by atoms with E-state index in [2.05, 4.69) is 6.58 Å².